The van der Waals surface area contributed by atoms with Crippen LogP contribution >= 0.6 is 0 Å². The minimum Gasteiger partial charge on any atom is -0.353 e. The molecule has 2 rings (SSSR count). The number of hydrogen-bond donors (Lipinski definition) is 1. The fourth-order valence-corrected chi connectivity index (χ4v) is 4.19. The van der Waals surface area contributed by atoms with Gasteiger partial charge in [0.2, 0.25) is 21.8 Å². The lowest BCUT2D eigenvalue weighted by molar-refractivity contribution is -0.135. The van der Waals surface area contributed by atoms with Gasteiger partial charge in [-0.05, 0) is 37.8 Å². The Labute approximate surface area is 168 Å². The minimum atomic E-state index is -3.70. The molecule has 2 amide bonds. The molecule has 1 saturated heterocycles. The number of benzene rings is 1. The Morgan fingerprint density at radius 2 is 1.71 bits per heavy atom. The molecule has 0 bridgehead atoms. The minimum absolute atomic E-state index is 0.0390. The summed E-state index contributed by atoms with van der Waals surface area (Å²) < 4.78 is 26.2. The van der Waals surface area contributed by atoms with E-state index in [0.717, 1.165) is 4.31 Å². The van der Waals surface area contributed by atoms with E-state index in [9.17, 15) is 18.0 Å². The Hall–Kier alpha value is -1.93. The molecule has 1 unspecified atom stereocenters. The van der Waals surface area contributed by atoms with Crippen molar-refractivity contribution in [2.24, 2.45) is 11.8 Å². The smallest absolute Gasteiger partial charge is 0.243 e. The van der Waals surface area contributed by atoms with Crippen LogP contribution in [-0.2, 0) is 19.6 Å². The number of piperidine rings is 1. The van der Waals surface area contributed by atoms with Gasteiger partial charge < -0.3 is 10.2 Å². The number of nitrogens with one attached hydrogen (secondary N) is 1. The Kier molecular flexibility index (Phi) is 7.60. The van der Waals surface area contributed by atoms with Crippen LogP contribution in [0.4, 0.5) is 0 Å². The molecule has 7 nitrogen and oxygen atoms in total. The summed E-state index contributed by atoms with van der Waals surface area (Å²) in [5.41, 5.74) is 0. The molecule has 1 aromatic rings. The van der Waals surface area contributed by atoms with Gasteiger partial charge in [-0.3, -0.25) is 9.59 Å². The van der Waals surface area contributed by atoms with Crippen LogP contribution in [0.3, 0.4) is 0 Å². The van der Waals surface area contributed by atoms with Crippen LogP contribution < -0.4 is 5.32 Å². The number of hydrogen-bond acceptors (Lipinski definition) is 4. The Morgan fingerprint density at radius 3 is 2.25 bits per heavy atom. The molecule has 1 aliphatic rings. The van der Waals surface area contributed by atoms with Gasteiger partial charge in [-0.25, -0.2) is 8.42 Å². The monoisotopic (exact) mass is 409 g/mol. The standard InChI is InChI=1S/C20H31N3O4S/c1-15(2)16(3)21-20(25)17-10-12-23(13-11-17)19(24)14-22(4)28(26,27)18-8-6-5-7-9-18/h5-9,15-17H,10-14H2,1-4H3,(H,21,25). The van der Waals surface area contributed by atoms with Crippen LogP contribution in [0.25, 0.3) is 0 Å². The van der Waals surface area contributed by atoms with Gasteiger partial charge in [0.25, 0.3) is 0 Å². The number of carbonyl (C=O) groups is 2. The molecule has 0 aromatic heterocycles. The number of nitrogens with zero attached hydrogens (tertiary/aromatic N) is 2. The fourth-order valence-electron chi connectivity index (χ4n) is 3.05. The highest BCUT2D eigenvalue weighted by molar-refractivity contribution is 7.89. The molecule has 0 spiro atoms. The second-order valence-corrected chi connectivity index (χ2v) is 9.82. The molecule has 0 saturated carbocycles. The third kappa shape index (κ3) is 5.54. The van der Waals surface area contributed by atoms with E-state index < -0.39 is 10.0 Å². The molecule has 8 heteroatoms. The zero-order valence-electron chi connectivity index (χ0n) is 17.1. The first-order chi connectivity index (χ1) is 13.1. The van der Waals surface area contributed by atoms with Crippen molar-refractivity contribution in [3.05, 3.63) is 30.3 Å². The van der Waals surface area contributed by atoms with Gasteiger partial charge in [0.15, 0.2) is 0 Å². The normalized spacial score (nSPS) is 17.0. The number of carbonyl (C=O) groups excluding carboxylic acids is 2. The van der Waals surface area contributed by atoms with E-state index in [1.807, 2.05) is 6.92 Å². The van der Waals surface area contributed by atoms with Gasteiger partial charge in [0, 0.05) is 32.1 Å². The summed E-state index contributed by atoms with van der Waals surface area (Å²) in [6, 6.07) is 8.18. The fraction of sp³-hybridized carbons (Fsp3) is 0.600. The zero-order chi connectivity index (χ0) is 20.9. The molecule has 1 aliphatic heterocycles. The summed E-state index contributed by atoms with van der Waals surface area (Å²) in [6.07, 6.45) is 1.19. The van der Waals surface area contributed by atoms with Gasteiger partial charge >= 0.3 is 0 Å². The second kappa shape index (κ2) is 9.52. The molecule has 1 atom stereocenters. The van der Waals surface area contributed by atoms with Crippen molar-refractivity contribution in [3.8, 4) is 0 Å². The lowest BCUT2D eigenvalue weighted by atomic mass is 9.94. The number of rotatable bonds is 7. The van der Waals surface area contributed by atoms with E-state index in [2.05, 4.69) is 19.2 Å². The van der Waals surface area contributed by atoms with Crippen LogP contribution in [0.5, 0.6) is 0 Å². The second-order valence-electron chi connectivity index (χ2n) is 7.77. The third-order valence-electron chi connectivity index (χ3n) is 5.40. The molecule has 28 heavy (non-hydrogen) atoms. The maximum Gasteiger partial charge on any atom is 0.243 e. The number of likely N-dealkylation sites (N-methyl/N-ethyl adjacent to an activating group) is 1. The Morgan fingerprint density at radius 1 is 1.14 bits per heavy atom. The largest absolute Gasteiger partial charge is 0.353 e. The Bertz CT molecular complexity index is 772. The lowest BCUT2D eigenvalue weighted by Gasteiger charge is -2.33. The summed E-state index contributed by atoms with van der Waals surface area (Å²) in [6.45, 7) is 6.83. The van der Waals surface area contributed by atoms with Gasteiger partial charge in [0.05, 0.1) is 11.4 Å². The van der Waals surface area contributed by atoms with E-state index in [0.29, 0.717) is 31.8 Å². The van der Waals surface area contributed by atoms with Crippen LogP contribution in [-0.4, -0.2) is 62.2 Å². The van der Waals surface area contributed by atoms with Crippen molar-refractivity contribution in [3.63, 3.8) is 0 Å². The average Bonchev–Trinajstić information content (AvgIpc) is 2.68. The topological polar surface area (TPSA) is 86.8 Å². The summed E-state index contributed by atoms with van der Waals surface area (Å²) >= 11 is 0. The first-order valence-corrected chi connectivity index (χ1v) is 11.2. The first kappa shape index (κ1) is 22.4. The molecule has 1 fully saturated rings. The maximum atomic E-state index is 12.6. The van der Waals surface area contributed by atoms with Gasteiger partial charge in [0.1, 0.15) is 0 Å². The SMILES string of the molecule is CC(C)C(C)NC(=O)C1CCN(C(=O)CN(C)S(=O)(=O)c2ccccc2)CC1. The summed E-state index contributed by atoms with van der Waals surface area (Å²) in [5.74, 6) is 0.0669. The zero-order valence-corrected chi connectivity index (χ0v) is 17.9. The van der Waals surface area contributed by atoms with E-state index in [1.54, 1.807) is 23.1 Å². The highest BCUT2D eigenvalue weighted by Gasteiger charge is 2.30. The highest BCUT2D eigenvalue weighted by atomic mass is 32.2. The van der Waals surface area contributed by atoms with Crippen molar-refractivity contribution >= 4 is 21.8 Å². The highest BCUT2D eigenvalue weighted by Crippen LogP contribution is 2.19. The molecule has 0 aliphatic carbocycles. The van der Waals surface area contributed by atoms with Crippen molar-refractivity contribution < 1.29 is 18.0 Å². The van der Waals surface area contributed by atoms with Crippen molar-refractivity contribution in [1.29, 1.82) is 0 Å². The molecule has 0 radical (unpaired) electrons. The summed E-state index contributed by atoms with van der Waals surface area (Å²) in [5, 5.41) is 3.03. The van der Waals surface area contributed by atoms with Crippen molar-refractivity contribution in [2.75, 3.05) is 26.7 Å². The van der Waals surface area contributed by atoms with Crippen LogP contribution in [0.1, 0.15) is 33.6 Å². The molecule has 1 aromatic carbocycles. The first-order valence-electron chi connectivity index (χ1n) is 9.72. The average molecular weight is 410 g/mol. The summed E-state index contributed by atoms with van der Waals surface area (Å²) in [4.78, 5) is 26.7. The summed E-state index contributed by atoms with van der Waals surface area (Å²) in [7, 11) is -2.29. The van der Waals surface area contributed by atoms with E-state index in [-0.39, 0.29) is 35.2 Å². The molecule has 156 valence electrons. The molecule has 1 N–H and O–H groups in total. The quantitative estimate of drug-likeness (QED) is 0.743. The van der Waals surface area contributed by atoms with Gasteiger partial charge in [-0.1, -0.05) is 32.0 Å². The molecular weight excluding hydrogens is 378 g/mol. The predicted octanol–water partition coefficient (Wildman–Crippen LogP) is 1.71. The van der Waals surface area contributed by atoms with Crippen LogP contribution in [0.15, 0.2) is 35.2 Å². The van der Waals surface area contributed by atoms with Crippen LogP contribution in [0, 0.1) is 11.8 Å². The van der Waals surface area contributed by atoms with E-state index >= 15 is 0 Å². The van der Waals surface area contributed by atoms with Crippen molar-refractivity contribution in [2.45, 2.75) is 44.6 Å². The number of likely N-dealkylation sites (tertiary alicyclic amines) is 1. The van der Waals surface area contributed by atoms with E-state index in [1.165, 1.54) is 19.2 Å². The van der Waals surface area contributed by atoms with Crippen molar-refractivity contribution in [1.82, 2.24) is 14.5 Å². The Balaban J connectivity index is 1.87. The van der Waals surface area contributed by atoms with Gasteiger partial charge in [-0.2, -0.15) is 4.31 Å². The lowest BCUT2D eigenvalue weighted by Crippen LogP contribution is -2.48. The molecule has 1 heterocycles. The van der Waals surface area contributed by atoms with Crippen LogP contribution in [0.2, 0.25) is 0 Å². The maximum absolute atomic E-state index is 12.6. The number of sulfonamides is 1. The van der Waals surface area contributed by atoms with E-state index in [4.69, 9.17) is 0 Å². The third-order valence-corrected chi connectivity index (χ3v) is 7.22. The predicted molar refractivity (Wildman–Crippen MR) is 108 cm³/mol. The van der Waals surface area contributed by atoms with Gasteiger partial charge in [-0.15, -0.1) is 0 Å². The number of amides is 2. The molecular formula is C20H31N3O4S.